The number of benzene rings is 2. The molecule has 0 bridgehead atoms. The van der Waals surface area contributed by atoms with Crippen LogP contribution in [0.5, 0.6) is 11.8 Å². The monoisotopic (exact) mass is 496 g/mol. The molecule has 9 nitrogen and oxygen atoms in total. The van der Waals surface area contributed by atoms with E-state index in [2.05, 4.69) is 25.1 Å². The van der Waals surface area contributed by atoms with Crippen LogP contribution in [0.2, 0.25) is 5.02 Å². The zero-order valence-corrected chi connectivity index (χ0v) is 20.7. The Morgan fingerprint density at radius 2 is 1.77 bits per heavy atom. The maximum Gasteiger partial charge on any atom is 0.415 e. The second kappa shape index (κ2) is 10.1. The summed E-state index contributed by atoms with van der Waals surface area (Å²) in [6, 6.07) is 13.8. The van der Waals surface area contributed by atoms with E-state index in [1.165, 1.54) is 0 Å². The van der Waals surface area contributed by atoms with Crippen LogP contribution in [0.4, 0.5) is 16.3 Å². The minimum absolute atomic E-state index is 0.0808. The summed E-state index contributed by atoms with van der Waals surface area (Å²) in [6.45, 7) is 7.45. The SMILES string of the molecule is COc1nc(N2CCN(c3ccc(Cl)cc3)CC2)c2ccc(OC(=O)N3CCNC[C@H]3C)cc2n1. The number of nitrogens with zero attached hydrogens (tertiary/aromatic N) is 5. The largest absolute Gasteiger partial charge is 0.467 e. The van der Waals surface area contributed by atoms with Crippen molar-refractivity contribution in [3.05, 3.63) is 47.5 Å². The van der Waals surface area contributed by atoms with Gasteiger partial charge in [-0.05, 0) is 43.3 Å². The number of methoxy groups -OCH3 is 1. The van der Waals surface area contributed by atoms with E-state index in [1.54, 1.807) is 24.1 Å². The molecule has 0 radical (unpaired) electrons. The predicted octanol–water partition coefficient (Wildman–Crippen LogP) is 3.41. The van der Waals surface area contributed by atoms with E-state index in [9.17, 15) is 4.79 Å². The summed E-state index contributed by atoms with van der Waals surface area (Å²) < 4.78 is 11.1. The molecule has 35 heavy (non-hydrogen) atoms. The van der Waals surface area contributed by atoms with Gasteiger partial charge < -0.3 is 29.5 Å². The summed E-state index contributed by atoms with van der Waals surface area (Å²) >= 11 is 6.04. The third kappa shape index (κ3) is 5.06. The van der Waals surface area contributed by atoms with Crippen molar-refractivity contribution >= 4 is 40.1 Å². The molecule has 1 amide bonds. The predicted molar refractivity (Wildman–Crippen MR) is 137 cm³/mol. The number of rotatable bonds is 4. The number of halogens is 1. The third-order valence-electron chi connectivity index (χ3n) is 6.52. The van der Waals surface area contributed by atoms with Crippen molar-refractivity contribution in [3.8, 4) is 11.8 Å². The molecule has 2 aliphatic heterocycles. The van der Waals surface area contributed by atoms with Gasteiger partial charge >= 0.3 is 12.1 Å². The first kappa shape index (κ1) is 23.4. The van der Waals surface area contributed by atoms with E-state index in [1.807, 2.05) is 37.3 Å². The van der Waals surface area contributed by atoms with Crippen LogP contribution in [-0.4, -0.2) is 79.9 Å². The Labute approximate surface area is 209 Å². The van der Waals surface area contributed by atoms with Crippen LogP contribution in [0.1, 0.15) is 6.92 Å². The number of piperazine rings is 2. The zero-order chi connectivity index (χ0) is 24.4. The highest BCUT2D eigenvalue weighted by atomic mass is 35.5. The molecule has 2 saturated heterocycles. The standard InChI is InChI=1S/C25H29ClN6O3/c1-17-16-27-9-10-32(17)25(33)35-20-7-8-21-22(15-20)28-24(34-2)29-23(21)31-13-11-30(12-14-31)19-5-3-18(26)4-6-19/h3-8,15,17,27H,9-14,16H2,1-2H3/t17-/m1/s1. The fourth-order valence-electron chi connectivity index (χ4n) is 4.57. The minimum atomic E-state index is -0.349. The Morgan fingerprint density at radius 1 is 1.03 bits per heavy atom. The lowest BCUT2D eigenvalue weighted by Gasteiger charge is -2.37. The molecule has 5 rings (SSSR count). The van der Waals surface area contributed by atoms with Crippen molar-refractivity contribution < 1.29 is 14.3 Å². The van der Waals surface area contributed by atoms with Gasteiger partial charge in [0.2, 0.25) is 0 Å². The third-order valence-corrected chi connectivity index (χ3v) is 6.77. The molecule has 0 aliphatic carbocycles. The molecule has 0 saturated carbocycles. The molecular formula is C25H29ClN6O3. The van der Waals surface area contributed by atoms with Crippen LogP contribution in [0.15, 0.2) is 42.5 Å². The Balaban J connectivity index is 1.35. The van der Waals surface area contributed by atoms with Crippen molar-refractivity contribution in [2.45, 2.75) is 13.0 Å². The molecule has 2 aromatic carbocycles. The highest BCUT2D eigenvalue weighted by Gasteiger charge is 2.25. The Kier molecular flexibility index (Phi) is 6.79. The van der Waals surface area contributed by atoms with Gasteiger partial charge in [-0.3, -0.25) is 0 Å². The molecule has 1 aromatic heterocycles. The van der Waals surface area contributed by atoms with E-state index in [0.29, 0.717) is 17.8 Å². The van der Waals surface area contributed by atoms with Crippen molar-refractivity contribution in [2.24, 2.45) is 0 Å². The second-order valence-electron chi connectivity index (χ2n) is 8.78. The average Bonchev–Trinajstić information content (AvgIpc) is 2.88. The number of ether oxygens (including phenoxy) is 2. The van der Waals surface area contributed by atoms with Crippen molar-refractivity contribution in [2.75, 3.05) is 62.7 Å². The van der Waals surface area contributed by atoms with Crippen molar-refractivity contribution in [1.29, 1.82) is 0 Å². The Bertz CT molecular complexity index is 1200. The quantitative estimate of drug-likeness (QED) is 0.588. The molecule has 184 valence electrons. The molecule has 2 aliphatic rings. The first-order valence-corrected chi connectivity index (χ1v) is 12.2. The summed E-state index contributed by atoms with van der Waals surface area (Å²) in [5, 5.41) is 4.90. The number of anilines is 2. The number of hydrogen-bond acceptors (Lipinski definition) is 8. The van der Waals surface area contributed by atoms with Crippen LogP contribution in [0, 0.1) is 0 Å². The summed E-state index contributed by atoms with van der Waals surface area (Å²) in [5.41, 5.74) is 1.83. The first-order valence-electron chi connectivity index (χ1n) is 11.8. The number of amides is 1. The van der Waals surface area contributed by atoms with Crippen LogP contribution in [-0.2, 0) is 0 Å². The smallest absolute Gasteiger partial charge is 0.415 e. The first-order chi connectivity index (χ1) is 17.0. The average molecular weight is 497 g/mol. The normalized spacial score (nSPS) is 18.6. The molecule has 0 spiro atoms. The van der Waals surface area contributed by atoms with Crippen LogP contribution in [0.25, 0.3) is 10.9 Å². The van der Waals surface area contributed by atoms with Gasteiger partial charge in [0.25, 0.3) is 0 Å². The van der Waals surface area contributed by atoms with E-state index in [-0.39, 0.29) is 18.1 Å². The van der Waals surface area contributed by atoms with Gasteiger partial charge in [0.05, 0.1) is 12.6 Å². The van der Waals surface area contributed by atoms with Crippen LogP contribution >= 0.6 is 11.6 Å². The van der Waals surface area contributed by atoms with Crippen molar-refractivity contribution in [1.82, 2.24) is 20.2 Å². The minimum Gasteiger partial charge on any atom is -0.467 e. The lowest BCUT2D eigenvalue weighted by Crippen LogP contribution is -2.53. The highest BCUT2D eigenvalue weighted by Crippen LogP contribution is 2.31. The molecule has 1 N–H and O–H groups in total. The van der Waals surface area contributed by atoms with Crippen LogP contribution < -0.4 is 24.6 Å². The van der Waals surface area contributed by atoms with Gasteiger partial charge in [-0.2, -0.15) is 9.97 Å². The van der Waals surface area contributed by atoms with Gasteiger partial charge in [-0.1, -0.05) is 11.6 Å². The fourth-order valence-corrected chi connectivity index (χ4v) is 4.69. The number of carbonyl (C=O) groups is 1. The summed E-state index contributed by atoms with van der Waals surface area (Å²) in [6.07, 6.45) is -0.349. The van der Waals surface area contributed by atoms with Crippen LogP contribution in [0.3, 0.4) is 0 Å². The lowest BCUT2D eigenvalue weighted by molar-refractivity contribution is 0.124. The molecular weight excluding hydrogens is 468 g/mol. The topological polar surface area (TPSA) is 83.1 Å². The molecule has 3 aromatic rings. The van der Waals surface area contributed by atoms with Gasteiger partial charge in [0, 0.05) is 74.0 Å². The maximum atomic E-state index is 12.7. The molecule has 2 fully saturated rings. The summed E-state index contributed by atoms with van der Waals surface area (Å²) in [4.78, 5) is 28.2. The Hall–Kier alpha value is -3.30. The second-order valence-corrected chi connectivity index (χ2v) is 9.21. The molecule has 1 atom stereocenters. The Morgan fingerprint density at radius 3 is 2.49 bits per heavy atom. The van der Waals surface area contributed by atoms with E-state index in [4.69, 9.17) is 21.1 Å². The molecule has 10 heteroatoms. The number of aromatic nitrogens is 2. The number of nitrogens with one attached hydrogen (secondary N) is 1. The van der Waals surface area contributed by atoms with E-state index >= 15 is 0 Å². The number of carbonyl (C=O) groups excluding carboxylic acids is 1. The number of hydrogen-bond donors (Lipinski definition) is 1. The van der Waals surface area contributed by atoms with E-state index in [0.717, 1.165) is 61.2 Å². The van der Waals surface area contributed by atoms with Crippen molar-refractivity contribution in [3.63, 3.8) is 0 Å². The fraction of sp³-hybridized carbons (Fsp3) is 0.400. The summed E-state index contributed by atoms with van der Waals surface area (Å²) in [7, 11) is 1.55. The summed E-state index contributed by atoms with van der Waals surface area (Å²) in [5.74, 6) is 1.27. The molecule has 0 unspecified atom stereocenters. The van der Waals surface area contributed by atoms with Gasteiger partial charge in [0.1, 0.15) is 11.6 Å². The van der Waals surface area contributed by atoms with E-state index < -0.39 is 0 Å². The number of fused-ring (bicyclic) bond motifs is 1. The lowest BCUT2D eigenvalue weighted by atomic mass is 10.2. The van der Waals surface area contributed by atoms with Gasteiger partial charge in [0.15, 0.2) is 0 Å². The van der Waals surface area contributed by atoms with Gasteiger partial charge in [-0.25, -0.2) is 4.79 Å². The molecule has 3 heterocycles. The highest BCUT2D eigenvalue weighted by molar-refractivity contribution is 6.30. The zero-order valence-electron chi connectivity index (χ0n) is 19.9. The van der Waals surface area contributed by atoms with Gasteiger partial charge in [-0.15, -0.1) is 0 Å². The maximum absolute atomic E-state index is 12.7.